The Labute approximate surface area is 76.0 Å². The molecule has 0 aliphatic heterocycles. The molecule has 0 saturated carbocycles. The van der Waals surface area contributed by atoms with Crippen molar-refractivity contribution < 1.29 is 0 Å². The lowest BCUT2D eigenvalue weighted by Gasteiger charge is -2.00. The first-order valence-electron chi connectivity index (χ1n) is 4.38. The first kappa shape index (κ1) is 11.0. The molecule has 0 heteroatoms. The van der Waals surface area contributed by atoms with E-state index < -0.39 is 0 Å². The van der Waals surface area contributed by atoms with E-state index in [1.165, 1.54) is 11.1 Å². The molecule has 0 radical (unpaired) electrons. The fourth-order valence-electron chi connectivity index (χ4n) is 1.08. The first-order chi connectivity index (χ1) is 5.79. The maximum absolute atomic E-state index is 2.12. The summed E-state index contributed by atoms with van der Waals surface area (Å²) in [4.78, 5) is 0. The Kier molecular flexibility index (Phi) is 6.08. The summed E-state index contributed by atoms with van der Waals surface area (Å²) in [6.07, 6.45) is 12.6. The van der Waals surface area contributed by atoms with E-state index in [1.807, 2.05) is 13.8 Å². The summed E-state index contributed by atoms with van der Waals surface area (Å²) >= 11 is 0. The van der Waals surface area contributed by atoms with Crippen LogP contribution in [0.1, 0.15) is 27.7 Å². The highest BCUT2D eigenvalue weighted by atomic mass is 14.0. The van der Waals surface area contributed by atoms with Gasteiger partial charge in [-0.2, -0.15) is 0 Å². The van der Waals surface area contributed by atoms with E-state index in [9.17, 15) is 0 Å². The van der Waals surface area contributed by atoms with Crippen LogP contribution in [-0.2, 0) is 0 Å². The zero-order valence-electron chi connectivity index (χ0n) is 8.46. The summed E-state index contributed by atoms with van der Waals surface area (Å²) in [6.45, 7) is 8.18. The molecule has 0 nitrogen and oxygen atoms in total. The molecule has 0 bridgehead atoms. The molecule has 0 aliphatic rings. The Bertz CT molecular complexity index is 198. The molecule has 0 spiro atoms. The van der Waals surface area contributed by atoms with E-state index in [-0.39, 0.29) is 0 Å². The summed E-state index contributed by atoms with van der Waals surface area (Å²) in [5.41, 5.74) is 2.55. The molecule has 0 aliphatic carbocycles. The lowest BCUT2D eigenvalue weighted by Crippen LogP contribution is -1.81. The standard InChI is InChI=1S/C12H18/c1-5-9-11(7-3)12(8-4)10-6-2/h5-10H,1-4H3/b9-5-,10-6-,11-7+,12-8+. The molecule has 0 aromatic carbocycles. The molecule has 0 aromatic heterocycles. The van der Waals surface area contributed by atoms with E-state index in [0.717, 1.165) is 0 Å². The zero-order valence-corrected chi connectivity index (χ0v) is 8.46. The van der Waals surface area contributed by atoms with Gasteiger partial charge in [-0.1, -0.05) is 36.5 Å². The van der Waals surface area contributed by atoms with E-state index in [1.54, 1.807) is 0 Å². The first-order valence-corrected chi connectivity index (χ1v) is 4.38. The van der Waals surface area contributed by atoms with Crippen molar-refractivity contribution in [3.63, 3.8) is 0 Å². The normalized spacial score (nSPS) is 15.0. The number of hydrogen-bond acceptors (Lipinski definition) is 0. The van der Waals surface area contributed by atoms with Crippen LogP contribution in [0.3, 0.4) is 0 Å². The maximum atomic E-state index is 2.12. The Morgan fingerprint density at radius 2 is 1.00 bits per heavy atom. The summed E-state index contributed by atoms with van der Waals surface area (Å²) in [6, 6.07) is 0. The summed E-state index contributed by atoms with van der Waals surface area (Å²) in [5, 5.41) is 0. The second-order valence-corrected chi connectivity index (χ2v) is 2.49. The van der Waals surface area contributed by atoms with Crippen LogP contribution in [-0.4, -0.2) is 0 Å². The largest absolute Gasteiger partial charge is 0.0871 e. The van der Waals surface area contributed by atoms with Crippen LogP contribution < -0.4 is 0 Å². The molecule has 0 N–H and O–H groups in total. The van der Waals surface area contributed by atoms with Crippen molar-refractivity contribution in [2.75, 3.05) is 0 Å². The minimum Gasteiger partial charge on any atom is -0.0871 e. The van der Waals surface area contributed by atoms with Crippen LogP contribution in [0.2, 0.25) is 0 Å². The summed E-state index contributed by atoms with van der Waals surface area (Å²) in [5.74, 6) is 0. The SMILES string of the molecule is C\C=C/C(=C\C)C(/C=C\C)=C/C. The molecule has 0 aromatic rings. The molecule has 12 heavy (non-hydrogen) atoms. The Morgan fingerprint density at radius 3 is 1.17 bits per heavy atom. The second-order valence-electron chi connectivity index (χ2n) is 2.49. The molecule has 0 heterocycles. The molecular weight excluding hydrogens is 144 g/mol. The summed E-state index contributed by atoms with van der Waals surface area (Å²) in [7, 11) is 0. The molecule has 0 unspecified atom stereocenters. The van der Waals surface area contributed by atoms with Gasteiger partial charge in [0.2, 0.25) is 0 Å². The maximum Gasteiger partial charge on any atom is -0.0233 e. The van der Waals surface area contributed by atoms with Crippen molar-refractivity contribution >= 4 is 0 Å². The average Bonchev–Trinajstić information content (AvgIpc) is 2.11. The van der Waals surface area contributed by atoms with Crippen molar-refractivity contribution in [2.24, 2.45) is 0 Å². The highest BCUT2D eigenvalue weighted by Crippen LogP contribution is 2.12. The quantitative estimate of drug-likeness (QED) is 0.549. The van der Waals surface area contributed by atoms with Crippen molar-refractivity contribution in [1.82, 2.24) is 0 Å². The van der Waals surface area contributed by atoms with Gasteiger partial charge >= 0.3 is 0 Å². The van der Waals surface area contributed by atoms with Crippen molar-refractivity contribution in [2.45, 2.75) is 27.7 Å². The van der Waals surface area contributed by atoms with Gasteiger partial charge in [0.1, 0.15) is 0 Å². The molecular formula is C12H18. The number of rotatable bonds is 3. The Balaban J connectivity index is 4.71. The second kappa shape index (κ2) is 6.66. The molecule has 66 valence electrons. The predicted molar refractivity (Wildman–Crippen MR) is 57.1 cm³/mol. The predicted octanol–water partition coefficient (Wildman–Crippen LogP) is 4.03. The Hall–Kier alpha value is -1.04. The monoisotopic (exact) mass is 162 g/mol. The minimum atomic E-state index is 1.28. The van der Waals surface area contributed by atoms with Crippen LogP contribution in [0.4, 0.5) is 0 Å². The minimum absolute atomic E-state index is 1.28. The van der Waals surface area contributed by atoms with Gasteiger partial charge in [-0.05, 0) is 38.8 Å². The van der Waals surface area contributed by atoms with Crippen LogP contribution in [0.15, 0.2) is 47.6 Å². The third-order valence-corrected chi connectivity index (χ3v) is 1.65. The molecule has 0 amide bonds. The van der Waals surface area contributed by atoms with Gasteiger partial charge in [-0.25, -0.2) is 0 Å². The highest BCUT2D eigenvalue weighted by molar-refractivity contribution is 5.45. The third kappa shape index (κ3) is 3.38. The van der Waals surface area contributed by atoms with Gasteiger partial charge in [-0.3, -0.25) is 0 Å². The van der Waals surface area contributed by atoms with E-state index >= 15 is 0 Å². The van der Waals surface area contributed by atoms with E-state index in [2.05, 4.69) is 50.3 Å². The lowest BCUT2D eigenvalue weighted by atomic mass is 10.0. The average molecular weight is 162 g/mol. The van der Waals surface area contributed by atoms with Crippen LogP contribution in [0.5, 0.6) is 0 Å². The molecule has 0 rings (SSSR count). The van der Waals surface area contributed by atoms with Crippen LogP contribution >= 0.6 is 0 Å². The lowest BCUT2D eigenvalue weighted by molar-refractivity contribution is 1.45. The summed E-state index contributed by atoms with van der Waals surface area (Å²) < 4.78 is 0. The van der Waals surface area contributed by atoms with Gasteiger partial charge in [0.15, 0.2) is 0 Å². The van der Waals surface area contributed by atoms with E-state index in [0.29, 0.717) is 0 Å². The molecule has 0 fully saturated rings. The molecule has 0 saturated heterocycles. The van der Waals surface area contributed by atoms with Gasteiger partial charge in [0.25, 0.3) is 0 Å². The molecule has 0 atom stereocenters. The third-order valence-electron chi connectivity index (χ3n) is 1.65. The van der Waals surface area contributed by atoms with Gasteiger partial charge in [-0.15, -0.1) is 0 Å². The fraction of sp³-hybridized carbons (Fsp3) is 0.333. The van der Waals surface area contributed by atoms with Crippen LogP contribution in [0.25, 0.3) is 0 Å². The van der Waals surface area contributed by atoms with Crippen LogP contribution in [0, 0.1) is 0 Å². The zero-order chi connectivity index (χ0) is 9.40. The van der Waals surface area contributed by atoms with Crippen molar-refractivity contribution in [1.29, 1.82) is 0 Å². The van der Waals surface area contributed by atoms with Gasteiger partial charge < -0.3 is 0 Å². The van der Waals surface area contributed by atoms with Crippen molar-refractivity contribution in [3.05, 3.63) is 47.6 Å². The Morgan fingerprint density at radius 1 is 0.667 bits per heavy atom. The topological polar surface area (TPSA) is 0 Å². The highest BCUT2D eigenvalue weighted by Gasteiger charge is 1.93. The van der Waals surface area contributed by atoms with Gasteiger partial charge in [0.05, 0.1) is 0 Å². The van der Waals surface area contributed by atoms with Gasteiger partial charge in [0, 0.05) is 0 Å². The van der Waals surface area contributed by atoms with Crippen molar-refractivity contribution in [3.8, 4) is 0 Å². The number of hydrogen-bond donors (Lipinski definition) is 0. The fourth-order valence-corrected chi connectivity index (χ4v) is 1.08. The number of allylic oxidation sites excluding steroid dienone is 8. The van der Waals surface area contributed by atoms with E-state index in [4.69, 9.17) is 0 Å². The smallest absolute Gasteiger partial charge is 0.0233 e.